The summed E-state index contributed by atoms with van der Waals surface area (Å²) in [5.41, 5.74) is 6.52. The highest BCUT2D eigenvalue weighted by atomic mass is 79.9. The second kappa shape index (κ2) is 4.85. The zero-order chi connectivity index (χ0) is 12.3. The van der Waals surface area contributed by atoms with Crippen LogP contribution in [0.5, 0.6) is 11.5 Å². The first-order valence-corrected chi connectivity index (χ1v) is 5.56. The number of nitrogens with two attached hydrogens (primary N) is 1. The number of hydrogen-bond donors (Lipinski definition) is 1. The lowest BCUT2D eigenvalue weighted by molar-refractivity contribution is 0.478. The predicted octanol–water partition coefficient (Wildman–Crippen LogP) is 3.09. The molecule has 1 aromatic heterocycles. The fraction of sp³-hybridized carbons (Fsp3) is 0. The summed E-state index contributed by atoms with van der Waals surface area (Å²) in [5, 5.41) is 8.97. The number of halogens is 1. The smallest absolute Gasteiger partial charge is 0.146 e. The van der Waals surface area contributed by atoms with Gasteiger partial charge in [-0.2, -0.15) is 5.26 Å². The number of hydrogen-bond acceptors (Lipinski definition) is 4. The Bertz CT molecular complexity index is 593. The number of benzene rings is 1. The largest absolute Gasteiger partial charge is 0.454 e. The number of anilines is 1. The van der Waals surface area contributed by atoms with Gasteiger partial charge in [-0.25, -0.2) is 0 Å². The van der Waals surface area contributed by atoms with Crippen LogP contribution in [0, 0.1) is 11.3 Å². The second-order valence-electron chi connectivity index (χ2n) is 3.31. The lowest BCUT2D eigenvalue weighted by atomic mass is 10.2. The highest BCUT2D eigenvalue weighted by Gasteiger charge is 2.05. The summed E-state index contributed by atoms with van der Waals surface area (Å²) in [4.78, 5) is 3.97. The number of rotatable bonds is 2. The Labute approximate surface area is 107 Å². The van der Waals surface area contributed by atoms with Gasteiger partial charge in [0.1, 0.15) is 17.6 Å². The molecule has 5 heteroatoms. The van der Waals surface area contributed by atoms with Crippen LogP contribution in [0.15, 0.2) is 41.1 Å². The highest BCUT2D eigenvalue weighted by molar-refractivity contribution is 9.10. The average molecular weight is 290 g/mol. The average Bonchev–Trinajstić information content (AvgIpc) is 2.31. The third-order valence-electron chi connectivity index (χ3n) is 2.03. The molecule has 0 fully saturated rings. The molecule has 1 heterocycles. The fourth-order valence-corrected chi connectivity index (χ4v) is 1.64. The molecule has 0 atom stereocenters. The highest BCUT2D eigenvalue weighted by Crippen LogP contribution is 2.27. The number of nitrogens with zero attached hydrogens (tertiary/aromatic N) is 2. The Balaban J connectivity index is 2.34. The van der Waals surface area contributed by atoms with Crippen LogP contribution < -0.4 is 10.5 Å². The molecule has 0 radical (unpaired) electrons. The zero-order valence-corrected chi connectivity index (χ0v) is 10.3. The molecule has 1 aromatic carbocycles. The maximum absolute atomic E-state index is 8.97. The van der Waals surface area contributed by atoms with Crippen molar-refractivity contribution in [1.29, 1.82) is 5.26 Å². The van der Waals surface area contributed by atoms with Gasteiger partial charge in [0.15, 0.2) is 0 Å². The minimum absolute atomic E-state index is 0.393. The summed E-state index contributed by atoms with van der Waals surface area (Å²) in [6.45, 7) is 0. The van der Waals surface area contributed by atoms with Crippen molar-refractivity contribution in [2.75, 3.05) is 5.73 Å². The van der Waals surface area contributed by atoms with Crippen LogP contribution in [0.1, 0.15) is 5.56 Å². The van der Waals surface area contributed by atoms with Gasteiger partial charge in [-0.3, -0.25) is 4.98 Å². The molecule has 0 unspecified atom stereocenters. The van der Waals surface area contributed by atoms with Gasteiger partial charge in [-0.05, 0) is 40.2 Å². The molecule has 0 aliphatic carbocycles. The van der Waals surface area contributed by atoms with Crippen LogP contribution in [0.3, 0.4) is 0 Å². The fourth-order valence-electron chi connectivity index (χ4n) is 1.30. The van der Waals surface area contributed by atoms with E-state index in [1.54, 1.807) is 36.7 Å². The van der Waals surface area contributed by atoms with Crippen LogP contribution in [-0.4, -0.2) is 4.98 Å². The first-order chi connectivity index (χ1) is 8.19. The van der Waals surface area contributed by atoms with Crippen LogP contribution in [0.4, 0.5) is 5.69 Å². The van der Waals surface area contributed by atoms with Gasteiger partial charge in [-0.1, -0.05) is 0 Å². The van der Waals surface area contributed by atoms with Gasteiger partial charge < -0.3 is 10.5 Å². The van der Waals surface area contributed by atoms with Gasteiger partial charge in [0.2, 0.25) is 0 Å². The van der Waals surface area contributed by atoms with Gasteiger partial charge in [0.25, 0.3) is 0 Å². The van der Waals surface area contributed by atoms with Crippen molar-refractivity contribution >= 4 is 21.6 Å². The Morgan fingerprint density at radius 3 is 2.82 bits per heavy atom. The van der Waals surface area contributed by atoms with Crippen molar-refractivity contribution in [3.63, 3.8) is 0 Å². The molecule has 84 valence electrons. The van der Waals surface area contributed by atoms with Crippen molar-refractivity contribution < 1.29 is 4.74 Å². The maximum atomic E-state index is 8.97. The van der Waals surface area contributed by atoms with E-state index in [0.29, 0.717) is 22.7 Å². The van der Waals surface area contributed by atoms with E-state index in [2.05, 4.69) is 20.9 Å². The van der Waals surface area contributed by atoms with Gasteiger partial charge in [-0.15, -0.1) is 0 Å². The molecule has 2 N–H and O–H groups in total. The monoisotopic (exact) mass is 289 g/mol. The first kappa shape index (κ1) is 11.4. The summed E-state index contributed by atoms with van der Waals surface area (Å²) >= 11 is 3.30. The summed E-state index contributed by atoms with van der Waals surface area (Å²) in [7, 11) is 0. The molecular formula is C12H8BrN3O. The molecule has 0 saturated carbocycles. The standard InChI is InChI=1S/C12H8BrN3O/c13-9-4-11(7-16-6-9)17-12-2-1-10(15)3-8(12)5-14/h1-4,6-7H,15H2. The Kier molecular flexibility index (Phi) is 3.26. The molecule has 2 aromatic rings. The summed E-state index contributed by atoms with van der Waals surface area (Å²) in [5.74, 6) is 1.02. The third-order valence-corrected chi connectivity index (χ3v) is 2.47. The third kappa shape index (κ3) is 2.74. The number of ether oxygens (including phenoxy) is 1. The van der Waals surface area contributed by atoms with Crippen LogP contribution in [-0.2, 0) is 0 Å². The summed E-state index contributed by atoms with van der Waals surface area (Å²) in [6.07, 6.45) is 3.23. The lowest BCUT2D eigenvalue weighted by Crippen LogP contribution is -1.91. The van der Waals surface area contributed by atoms with E-state index in [1.807, 2.05) is 6.07 Å². The van der Waals surface area contributed by atoms with Crippen LogP contribution in [0.2, 0.25) is 0 Å². The van der Waals surface area contributed by atoms with Gasteiger partial charge >= 0.3 is 0 Å². The summed E-state index contributed by atoms with van der Waals surface area (Å²) < 4.78 is 6.37. The molecule has 4 nitrogen and oxygen atoms in total. The predicted molar refractivity (Wildman–Crippen MR) is 67.6 cm³/mol. The molecule has 2 rings (SSSR count). The minimum atomic E-state index is 0.393. The van der Waals surface area contributed by atoms with Crippen molar-refractivity contribution in [2.45, 2.75) is 0 Å². The number of aromatic nitrogens is 1. The second-order valence-corrected chi connectivity index (χ2v) is 4.22. The zero-order valence-electron chi connectivity index (χ0n) is 8.72. The van der Waals surface area contributed by atoms with E-state index in [1.165, 1.54) is 0 Å². The SMILES string of the molecule is N#Cc1cc(N)ccc1Oc1cncc(Br)c1. The van der Waals surface area contributed by atoms with Crippen molar-refractivity contribution in [3.05, 3.63) is 46.7 Å². The number of nitrogen functional groups attached to an aromatic ring is 1. The maximum Gasteiger partial charge on any atom is 0.146 e. The van der Waals surface area contributed by atoms with Gasteiger partial charge in [0.05, 0.1) is 11.8 Å². The van der Waals surface area contributed by atoms with E-state index < -0.39 is 0 Å². The lowest BCUT2D eigenvalue weighted by Gasteiger charge is -2.07. The Hall–Kier alpha value is -2.06. The van der Waals surface area contributed by atoms with Crippen LogP contribution in [0.25, 0.3) is 0 Å². The van der Waals surface area contributed by atoms with Crippen molar-refractivity contribution in [3.8, 4) is 17.6 Å². The molecule has 0 bridgehead atoms. The van der Waals surface area contributed by atoms with E-state index in [-0.39, 0.29) is 0 Å². The Morgan fingerprint density at radius 2 is 2.12 bits per heavy atom. The molecular weight excluding hydrogens is 282 g/mol. The van der Waals surface area contributed by atoms with Crippen molar-refractivity contribution in [2.24, 2.45) is 0 Å². The minimum Gasteiger partial charge on any atom is -0.454 e. The topological polar surface area (TPSA) is 71.9 Å². The molecule has 0 saturated heterocycles. The van der Waals surface area contributed by atoms with Gasteiger partial charge in [0, 0.05) is 16.4 Å². The summed E-state index contributed by atoms with van der Waals surface area (Å²) in [6, 6.07) is 8.72. The molecule has 0 aliphatic heterocycles. The van der Waals surface area contributed by atoms with E-state index in [4.69, 9.17) is 15.7 Å². The van der Waals surface area contributed by atoms with Crippen LogP contribution >= 0.6 is 15.9 Å². The number of nitriles is 1. The van der Waals surface area contributed by atoms with Crippen molar-refractivity contribution in [1.82, 2.24) is 4.98 Å². The number of pyridine rings is 1. The molecule has 17 heavy (non-hydrogen) atoms. The Morgan fingerprint density at radius 1 is 1.29 bits per heavy atom. The van der Waals surface area contributed by atoms with E-state index in [9.17, 15) is 0 Å². The molecule has 0 amide bonds. The molecule has 0 aliphatic rings. The van der Waals surface area contributed by atoms with E-state index >= 15 is 0 Å². The van der Waals surface area contributed by atoms with E-state index in [0.717, 1.165) is 4.47 Å². The quantitative estimate of drug-likeness (QED) is 0.863. The normalized spacial score (nSPS) is 9.65. The first-order valence-electron chi connectivity index (χ1n) is 4.77. The molecule has 0 spiro atoms.